The number of halogens is 1. The number of carbonyl (C=O) groups is 2. The Morgan fingerprint density at radius 3 is 2.77 bits per heavy atom. The number of rotatable bonds is 3. The third kappa shape index (κ3) is 2.39. The molecule has 3 heterocycles. The number of phenolic OH excluding ortho intramolecular Hbond substituents is 1. The van der Waals surface area contributed by atoms with Crippen LogP contribution in [-0.4, -0.2) is 68.7 Å². The summed E-state index contributed by atoms with van der Waals surface area (Å²) in [6, 6.07) is 7.57. The standard InChI is InChI=1S/C27H25ClN2O5/c1-2-10-29-11-9-26-21-14-3-6-19(31)22(21)35-23(26)18(7-8-27(26,34)20(29)12-14)30-24(32)16-5-4-15(28)13-17(16)25(30)33/h2-6,13,18,20,23,31,34H,1,7-12H2/t18-,20-,23+,26+,27-/m1/s1. The van der Waals surface area contributed by atoms with Crippen LogP contribution in [0.3, 0.4) is 0 Å². The highest BCUT2D eigenvalue weighted by molar-refractivity contribution is 6.32. The number of aromatic hydroxyl groups is 1. The molecule has 2 amide bonds. The van der Waals surface area contributed by atoms with Gasteiger partial charge in [-0.25, -0.2) is 0 Å². The van der Waals surface area contributed by atoms with E-state index in [1.807, 2.05) is 12.1 Å². The highest BCUT2D eigenvalue weighted by Crippen LogP contribution is 2.66. The molecule has 5 aliphatic rings. The summed E-state index contributed by atoms with van der Waals surface area (Å²) < 4.78 is 6.49. The Hall–Kier alpha value is -2.87. The molecule has 5 atom stereocenters. The van der Waals surface area contributed by atoms with E-state index in [4.69, 9.17) is 16.3 Å². The topological polar surface area (TPSA) is 90.3 Å². The van der Waals surface area contributed by atoms with Crippen molar-refractivity contribution in [3.8, 4) is 11.5 Å². The van der Waals surface area contributed by atoms with Gasteiger partial charge in [0.2, 0.25) is 0 Å². The van der Waals surface area contributed by atoms with Crippen molar-refractivity contribution in [2.75, 3.05) is 13.1 Å². The number of hydrogen-bond donors (Lipinski definition) is 2. The van der Waals surface area contributed by atoms with Crippen LogP contribution in [0.4, 0.5) is 0 Å². The quantitative estimate of drug-likeness (QED) is 0.505. The Labute approximate surface area is 207 Å². The summed E-state index contributed by atoms with van der Waals surface area (Å²) in [5.41, 5.74) is 0.569. The van der Waals surface area contributed by atoms with E-state index in [-0.39, 0.29) is 23.6 Å². The lowest BCUT2D eigenvalue weighted by Gasteiger charge is -2.64. The molecule has 0 radical (unpaired) electrons. The van der Waals surface area contributed by atoms with Crippen LogP contribution in [0.25, 0.3) is 0 Å². The number of hydrogen-bond acceptors (Lipinski definition) is 6. The van der Waals surface area contributed by atoms with E-state index < -0.39 is 23.2 Å². The van der Waals surface area contributed by atoms with Gasteiger partial charge in [0.25, 0.3) is 11.8 Å². The number of aliphatic hydroxyl groups is 1. The smallest absolute Gasteiger partial charge is 0.261 e. The van der Waals surface area contributed by atoms with E-state index >= 15 is 0 Å². The number of nitrogens with zero attached hydrogens (tertiary/aromatic N) is 2. The molecule has 2 N–H and O–H groups in total. The number of phenols is 1. The maximum Gasteiger partial charge on any atom is 0.261 e. The zero-order valence-electron chi connectivity index (χ0n) is 19.0. The third-order valence-electron chi connectivity index (χ3n) is 9.12. The number of imide groups is 1. The molecule has 2 aliphatic carbocycles. The molecule has 1 saturated heterocycles. The van der Waals surface area contributed by atoms with Crippen molar-refractivity contribution in [3.05, 3.63) is 70.3 Å². The number of likely N-dealkylation sites (tertiary alicyclic amines) is 1. The van der Waals surface area contributed by atoms with E-state index in [2.05, 4.69) is 11.5 Å². The maximum absolute atomic E-state index is 13.5. The first-order valence-electron chi connectivity index (χ1n) is 12.1. The maximum atomic E-state index is 13.5. The summed E-state index contributed by atoms with van der Waals surface area (Å²) in [5.74, 6) is -0.350. The highest BCUT2D eigenvalue weighted by Gasteiger charge is 2.74. The fourth-order valence-electron chi connectivity index (χ4n) is 7.79. The molecule has 7 nitrogen and oxygen atoms in total. The first-order valence-corrected chi connectivity index (χ1v) is 12.5. The Kier molecular flexibility index (Phi) is 4.20. The van der Waals surface area contributed by atoms with Gasteiger partial charge in [-0.15, -0.1) is 6.58 Å². The largest absolute Gasteiger partial charge is 0.504 e. The molecule has 2 fully saturated rings. The van der Waals surface area contributed by atoms with E-state index in [1.165, 1.54) is 11.0 Å². The molecule has 2 aromatic carbocycles. The molecule has 2 aromatic rings. The fraction of sp³-hybridized carbons (Fsp3) is 0.407. The SMILES string of the molecule is C=CCN1CC[C@]23c4c5ccc(O)c4O[C@H]2[C@H](N2C(=O)c4ccc(Cl)cc4C2=O)CC[C@@]3(O)[C@H]1C5. The van der Waals surface area contributed by atoms with Crippen LogP contribution in [-0.2, 0) is 11.8 Å². The predicted molar refractivity (Wildman–Crippen MR) is 128 cm³/mol. The van der Waals surface area contributed by atoms with Crippen molar-refractivity contribution in [1.29, 1.82) is 0 Å². The van der Waals surface area contributed by atoms with Crippen molar-refractivity contribution in [2.24, 2.45) is 0 Å². The van der Waals surface area contributed by atoms with Crippen molar-refractivity contribution in [2.45, 2.75) is 54.9 Å². The van der Waals surface area contributed by atoms with Gasteiger partial charge in [-0.05, 0) is 62.1 Å². The van der Waals surface area contributed by atoms with Gasteiger partial charge in [0.1, 0.15) is 6.10 Å². The van der Waals surface area contributed by atoms with E-state index in [1.54, 1.807) is 18.2 Å². The molecule has 35 heavy (non-hydrogen) atoms. The van der Waals surface area contributed by atoms with Crippen LogP contribution in [0.1, 0.15) is 51.1 Å². The van der Waals surface area contributed by atoms with Gasteiger partial charge < -0.3 is 14.9 Å². The molecule has 7 rings (SSSR count). The molecule has 3 aliphatic heterocycles. The molecular formula is C27H25ClN2O5. The minimum atomic E-state index is -1.12. The lowest BCUT2D eigenvalue weighted by atomic mass is 9.48. The summed E-state index contributed by atoms with van der Waals surface area (Å²) in [6.07, 6.45) is 3.25. The molecule has 2 bridgehead atoms. The predicted octanol–water partition coefficient (Wildman–Crippen LogP) is 3.05. The number of ether oxygens (including phenoxy) is 1. The number of amides is 2. The molecule has 1 spiro atoms. The first kappa shape index (κ1) is 21.4. The van der Waals surface area contributed by atoms with Gasteiger partial charge in [-0.2, -0.15) is 0 Å². The van der Waals surface area contributed by atoms with Gasteiger partial charge in [0, 0.05) is 23.2 Å². The summed E-state index contributed by atoms with van der Waals surface area (Å²) in [5, 5.41) is 23.6. The average molecular weight is 493 g/mol. The summed E-state index contributed by atoms with van der Waals surface area (Å²) in [7, 11) is 0. The zero-order valence-corrected chi connectivity index (χ0v) is 19.8. The lowest BCUT2D eigenvalue weighted by Crippen LogP contribution is -2.78. The lowest BCUT2D eigenvalue weighted by molar-refractivity contribution is -0.194. The van der Waals surface area contributed by atoms with Crippen LogP contribution in [0.5, 0.6) is 11.5 Å². The molecule has 180 valence electrons. The number of carbonyl (C=O) groups excluding carboxylic acids is 2. The van der Waals surface area contributed by atoms with E-state index in [0.717, 1.165) is 17.7 Å². The second-order valence-electron chi connectivity index (χ2n) is 10.4. The van der Waals surface area contributed by atoms with E-state index in [9.17, 15) is 19.8 Å². The van der Waals surface area contributed by atoms with Crippen molar-refractivity contribution < 1.29 is 24.5 Å². The van der Waals surface area contributed by atoms with Gasteiger partial charge in [-0.3, -0.25) is 19.4 Å². The Morgan fingerprint density at radius 1 is 1.17 bits per heavy atom. The van der Waals surface area contributed by atoms with Gasteiger partial charge in [0.05, 0.1) is 28.2 Å². The molecule has 0 aromatic heterocycles. The molecular weight excluding hydrogens is 468 g/mol. The summed E-state index contributed by atoms with van der Waals surface area (Å²) in [6.45, 7) is 5.29. The van der Waals surface area contributed by atoms with Crippen LogP contribution in [0.15, 0.2) is 43.0 Å². The van der Waals surface area contributed by atoms with Crippen LogP contribution in [0.2, 0.25) is 5.02 Å². The monoisotopic (exact) mass is 492 g/mol. The minimum Gasteiger partial charge on any atom is -0.504 e. The second-order valence-corrected chi connectivity index (χ2v) is 10.8. The van der Waals surface area contributed by atoms with Gasteiger partial charge in [-0.1, -0.05) is 23.7 Å². The van der Waals surface area contributed by atoms with Crippen LogP contribution < -0.4 is 4.74 Å². The minimum absolute atomic E-state index is 0.0229. The molecule has 1 saturated carbocycles. The summed E-state index contributed by atoms with van der Waals surface area (Å²) in [4.78, 5) is 30.5. The van der Waals surface area contributed by atoms with E-state index in [0.29, 0.717) is 54.1 Å². The Balaban J connectivity index is 1.39. The first-order chi connectivity index (χ1) is 16.8. The molecule has 0 unspecified atom stereocenters. The second kappa shape index (κ2) is 6.87. The highest BCUT2D eigenvalue weighted by atomic mass is 35.5. The normalized spacial score (nSPS) is 34.5. The Bertz CT molecular complexity index is 1340. The fourth-order valence-corrected chi connectivity index (χ4v) is 7.96. The zero-order chi connectivity index (χ0) is 24.3. The Morgan fingerprint density at radius 2 is 1.97 bits per heavy atom. The molecule has 8 heteroatoms. The third-order valence-corrected chi connectivity index (χ3v) is 9.35. The number of fused-ring (bicyclic) bond motifs is 1. The van der Waals surface area contributed by atoms with Crippen molar-refractivity contribution >= 4 is 23.4 Å². The van der Waals surface area contributed by atoms with Gasteiger partial charge >= 0.3 is 0 Å². The van der Waals surface area contributed by atoms with Crippen LogP contribution in [0, 0.1) is 0 Å². The van der Waals surface area contributed by atoms with Crippen molar-refractivity contribution in [3.63, 3.8) is 0 Å². The number of benzene rings is 2. The van der Waals surface area contributed by atoms with Crippen LogP contribution >= 0.6 is 11.6 Å². The average Bonchev–Trinajstić information content (AvgIpc) is 3.30. The summed E-state index contributed by atoms with van der Waals surface area (Å²) >= 11 is 6.13. The van der Waals surface area contributed by atoms with Gasteiger partial charge in [0.15, 0.2) is 11.5 Å². The van der Waals surface area contributed by atoms with Crippen molar-refractivity contribution in [1.82, 2.24) is 9.80 Å². The number of piperidine rings is 1.